The number of amides is 2. The summed E-state index contributed by atoms with van der Waals surface area (Å²) in [4.78, 5) is 28.7. The molecule has 6 heteroatoms. The number of morpholine rings is 1. The molecule has 22 heavy (non-hydrogen) atoms. The maximum atomic E-state index is 12.6. The number of carbonyl (C=O) groups is 2. The molecule has 0 bridgehead atoms. The highest BCUT2D eigenvalue weighted by Gasteiger charge is 2.32. The lowest BCUT2D eigenvalue weighted by atomic mass is 9.96. The Hall–Kier alpha value is -0.750. The molecule has 0 aromatic carbocycles. The van der Waals surface area contributed by atoms with Gasteiger partial charge in [-0.15, -0.1) is 11.8 Å². The van der Waals surface area contributed by atoms with Crippen molar-refractivity contribution in [2.75, 3.05) is 45.1 Å². The van der Waals surface area contributed by atoms with Crippen molar-refractivity contribution in [2.24, 2.45) is 5.92 Å². The van der Waals surface area contributed by atoms with Gasteiger partial charge in [0.1, 0.15) is 0 Å². The molecule has 2 amide bonds. The smallest absolute Gasteiger partial charge is 0.232 e. The fourth-order valence-corrected chi connectivity index (χ4v) is 3.56. The van der Waals surface area contributed by atoms with Gasteiger partial charge in [-0.25, -0.2) is 0 Å². The van der Waals surface area contributed by atoms with Gasteiger partial charge in [0.25, 0.3) is 0 Å². The molecule has 0 aromatic heterocycles. The monoisotopic (exact) mass is 328 g/mol. The SMILES string of the molecule is CC(C)(C)SCC(=O)N1CCCC(C(=O)N2CCOCC2)C1. The van der Waals surface area contributed by atoms with E-state index in [-0.39, 0.29) is 22.5 Å². The molecule has 0 N–H and O–H groups in total. The van der Waals surface area contributed by atoms with E-state index in [1.165, 1.54) is 0 Å². The fourth-order valence-electron chi connectivity index (χ4n) is 2.82. The summed E-state index contributed by atoms with van der Waals surface area (Å²) in [6, 6.07) is 0. The lowest BCUT2D eigenvalue weighted by molar-refractivity contribution is -0.143. The third kappa shape index (κ3) is 5.16. The first kappa shape index (κ1) is 17.6. The van der Waals surface area contributed by atoms with Crippen molar-refractivity contribution in [3.63, 3.8) is 0 Å². The number of thioether (sulfide) groups is 1. The van der Waals surface area contributed by atoms with Gasteiger partial charge >= 0.3 is 0 Å². The Kier molecular flexibility index (Phi) is 6.15. The van der Waals surface area contributed by atoms with E-state index >= 15 is 0 Å². The lowest BCUT2D eigenvalue weighted by Gasteiger charge is -2.36. The highest BCUT2D eigenvalue weighted by atomic mass is 32.2. The molecule has 2 aliphatic rings. The zero-order valence-electron chi connectivity index (χ0n) is 14.0. The van der Waals surface area contributed by atoms with Crippen molar-refractivity contribution in [3.8, 4) is 0 Å². The lowest BCUT2D eigenvalue weighted by Crippen LogP contribution is -2.49. The zero-order valence-corrected chi connectivity index (χ0v) is 14.8. The summed E-state index contributed by atoms with van der Waals surface area (Å²) in [5.74, 6) is 0.834. The topological polar surface area (TPSA) is 49.9 Å². The molecule has 2 aliphatic heterocycles. The van der Waals surface area contributed by atoms with Crippen molar-refractivity contribution >= 4 is 23.6 Å². The Morgan fingerprint density at radius 3 is 2.45 bits per heavy atom. The standard InChI is InChI=1S/C16H28N2O3S/c1-16(2,3)22-12-14(19)18-6-4-5-13(11-18)15(20)17-7-9-21-10-8-17/h13H,4-12H2,1-3H3. The van der Waals surface area contributed by atoms with Gasteiger partial charge in [-0.2, -0.15) is 0 Å². The predicted octanol–water partition coefficient (Wildman–Crippen LogP) is 1.62. The highest BCUT2D eigenvalue weighted by molar-refractivity contribution is 8.01. The van der Waals surface area contributed by atoms with Crippen molar-refractivity contribution in [1.82, 2.24) is 9.80 Å². The van der Waals surface area contributed by atoms with Crippen LogP contribution in [0.2, 0.25) is 0 Å². The van der Waals surface area contributed by atoms with Crippen molar-refractivity contribution in [2.45, 2.75) is 38.4 Å². The third-order valence-electron chi connectivity index (χ3n) is 4.07. The molecular weight excluding hydrogens is 300 g/mol. The molecule has 1 atom stereocenters. The van der Waals surface area contributed by atoms with Gasteiger partial charge < -0.3 is 14.5 Å². The molecule has 1 unspecified atom stereocenters. The number of likely N-dealkylation sites (tertiary alicyclic amines) is 1. The number of nitrogens with zero attached hydrogens (tertiary/aromatic N) is 2. The zero-order chi connectivity index (χ0) is 16.2. The maximum absolute atomic E-state index is 12.6. The van der Waals surface area contributed by atoms with Crippen molar-refractivity contribution < 1.29 is 14.3 Å². The molecule has 2 fully saturated rings. The molecular formula is C16H28N2O3S. The first-order chi connectivity index (χ1) is 10.4. The summed E-state index contributed by atoms with van der Waals surface area (Å²) in [5.41, 5.74) is 0. The van der Waals surface area contributed by atoms with Crippen LogP contribution < -0.4 is 0 Å². The largest absolute Gasteiger partial charge is 0.378 e. The Bertz CT molecular complexity index is 403. The van der Waals surface area contributed by atoms with Crippen LogP contribution in [0, 0.1) is 5.92 Å². The Balaban J connectivity index is 1.85. The van der Waals surface area contributed by atoms with Gasteiger partial charge in [-0.1, -0.05) is 20.8 Å². The Labute approximate surface area is 137 Å². The average molecular weight is 328 g/mol. The second-order valence-electron chi connectivity index (χ2n) is 7.02. The van der Waals surface area contributed by atoms with E-state index in [1.807, 2.05) is 9.80 Å². The molecule has 0 saturated carbocycles. The molecule has 0 radical (unpaired) electrons. The molecule has 2 saturated heterocycles. The molecule has 5 nitrogen and oxygen atoms in total. The highest BCUT2D eigenvalue weighted by Crippen LogP contribution is 2.25. The third-order valence-corrected chi connectivity index (χ3v) is 5.33. The van der Waals surface area contributed by atoms with Crippen LogP contribution in [0.15, 0.2) is 0 Å². The Morgan fingerprint density at radius 2 is 1.82 bits per heavy atom. The maximum Gasteiger partial charge on any atom is 0.232 e. The van der Waals surface area contributed by atoms with E-state index < -0.39 is 0 Å². The summed E-state index contributed by atoms with van der Waals surface area (Å²) in [5, 5.41) is 0. The summed E-state index contributed by atoms with van der Waals surface area (Å²) in [6.45, 7) is 10.3. The average Bonchev–Trinajstić information content (AvgIpc) is 2.52. The van der Waals surface area contributed by atoms with E-state index in [0.717, 1.165) is 19.4 Å². The summed E-state index contributed by atoms with van der Waals surface area (Å²) < 4.78 is 5.39. The van der Waals surface area contributed by atoms with Crippen molar-refractivity contribution in [3.05, 3.63) is 0 Å². The number of hydrogen-bond acceptors (Lipinski definition) is 4. The number of hydrogen-bond donors (Lipinski definition) is 0. The van der Waals surface area contributed by atoms with Crippen molar-refractivity contribution in [1.29, 1.82) is 0 Å². The molecule has 0 spiro atoms. The number of rotatable bonds is 3. The van der Waals surface area contributed by atoms with Gasteiger partial charge in [-0.05, 0) is 12.8 Å². The van der Waals surface area contributed by atoms with Crippen LogP contribution in [-0.2, 0) is 14.3 Å². The minimum absolute atomic E-state index is 0.0320. The van der Waals surface area contributed by atoms with Gasteiger partial charge in [0.2, 0.25) is 11.8 Å². The van der Waals surface area contributed by atoms with Crippen LogP contribution in [0.5, 0.6) is 0 Å². The molecule has 2 heterocycles. The van der Waals surface area contributed by atoms with E-state index in [9.17, 15) is 9.59 Å². The van der Waals surface area contributed by atoms with Gasteiger partial charge in [0.05, 0.1) is 24.9 Å². The molecule has 126 valence electrons. The normalized spacial score (nSPS) is 23.5. The molecule has 0 aromatic rings. The van der Waals surface area contributed by atoms with E-state index in [4.69, 9.17) is 4.74 Å². The van der Waals surface area contributed by atoms with E-state index in [2.05, 4.69) is 20.8 Å². The van der Waals surface area contributed by atoms with Crippen LogP contribution in [0.1, 0.15) is 33.6 Å². The van der Waals surface area contributed by atoms with Crippen LogP contribution >= 0.6 is 11.8 Å². The fraction of sp³-hybridized carbons (Fsp3) is 0.875. The number of piperidine rings is 1. The summed E-state index contributed by atoms with van der Waals surface area (Å²) in [6.07, 6.45) is 1.82. The quantitative estimate of drug-likeness (QED) is 0.790. The van der Waals surface area contributed by atoms with Crippen LogP contribution in [-0.4, -0.2) is 71.5 Å². The second kappa shape index (κ2) is 7.68. The van der Waals surface area contributed by atoms with E-state index in [0.29, 0.717) is 38.6 Å². The number of ether oxygens (including phenoxy) is 1. The van der Waals surface area contributed by atoms with Gasteiger partial charge in [0.15, 0.2) is 0 Å². The molecule has 2 rings (SSSR count). The second-order valence-corrected chi connectivity index (χ2v) is 8.82. The Morgan fingerprint density at radius 1 is 1.14 bits per heavy atom. The summed E-state index contributed by atoms with van der Waals surface area (Å²) in [7, 11) is 0. The predicted molar refractivity (Wildman–Crippen MR) is 88.9 cm³/mol. The van der Waals surface area contributed by atoms with Gasteiger partial charge in [-0.3, -0.25) is 9.59 Å². The van der Waals surface area contributed by atoms with Crippen LogP contribution in [0.4, 0.5) is 0 Å². The minimum Gasteiger partial charge on any atom is -0.378 e. The van der Waals surface area contributed by atoms with Crippen LogP contribution in [0.25, 0.3) is 0 Å². The van der Waals surface area contributed by atoms with Crippen LogP contribution in [0.3, 0.4) is 0 Å². The molecule has 0 aliphatic carbocycles. The van der Waals surface area contributed by atoms with Gasteiger partial charge in [0, 0.05) is 30.9 Å². The first-order valence-corrected chi connectivity index (χ1v) is 9.13. The minimum atomic E-state index is -0.0320. The first-order valence-electron chi connectivity index (χ1n) is 8.15. The summed E-state index contributed by atoms with van der Waals surface area (Å²) >= 11 is 1.67. The number of carbonyl (C=O) groups excluding carboxylic acids is 2. The van der Waals surface area contributed by atoms with E-state index in [1.54, 1.807) is 11.8 Å².